The molecule has 92 valence electrons. The first-order valence-electron chi connectivity index (χ1n) is 4.57. The Bertz CT molecular complexity index is 555. The maximum atomic E-state index is 13.4. The van der Waals surface area contributed by atoms with E-state index in [-0.39, 0.29) is 17.0 Å². The van der Waals surface area contributed by atoms with Gasteiger partial charge in [0.25, 0.3) is 0 Å². The van der Waals surface area contributed by atoms with Crippen LogP contribution in [0, 0.1) is 5.82 Å². The minimum absolute atomic E-state index is 0.0381. The highest BCUT2D eigenvalue weighted by Gasteiger charge is 2.12. The van der Waals surface area contributed by atoms with E-state index in [1.165, 1.54) is 6.08 Å². The van der Waals surface area contributed by atoms with Gasteiger partial charge in [0, 0.05) is 6.42 Å². The molecule has 1 rings (SSSR count). The van der Waals surface area contributed by atoms with Crippen LogP contribution in [-0.2, 0) is 14.8 Å². The Kier molecular flexibility index (Phi) is 3.97. The first kappa shape index (κ1) is 13.3. The Balaban J connectivity index is 2.99. The summed E-state index contributed by atoms with van der Waals surface area (Å²) in [5.74, 6) is -1.31. The number of hydrogen-bond donors (Lipinski definition) is 2. The van der Waals surface area contributed by atoms with Gasteiger partial charge in [0.05, 0.1) is 10.6 Å². The summed E-state index contributed by atoms with van der Waals surface area (Å²) in [6.45, 7) is 3.36. The number of anilines is 1. The number of rotatable bonds is 4. The van der Waals surface area contributed by atoms with Crippen LogP contribution in [0.5, 0.6) is 0 Å². The van der Waals surface area contributed by atoms with Crippen molar-refractivity contribution in [1.82, 2.24) is 0 Å². The number of benzene rings is 1. The van der Waals surface area contributed by atoms with Crippen molar-refractivity contribution in [1.29, 1.82) is 0 Å². The number of carbonyl (C=O) groups excluding carboxylic acids is 1. The van der Waals surface area contributed by atoms with Crippen LogP contribution < -0.4 is 10.5 Å². The zero-order valence-electron chi connectivity index (χ0n) is 8.81. The van der Waals surface area contributed by atoms with E-state index in [4.69, 9.17) is 5.14 Å². The lowest BCUT2D eigenvalue weighted by Crippen LogP contribution is -2.14. The lowest BCUT2D eigenvalue weighted by molar-refractivity contribution is -0.115. The van der Waals surface area contributed by atoms with Gasteiger partial charge in [-0.2, -0.15) is 0 Å². The van der Waals surface area contributed by atoms with E-state index in [0.717, 1.165) is 18.2 Å². The number of primary sulfonamides is 1. The molecule has 0 aliphatic heterocycles. The van der Waals surface area contributed by atoms with Crippen LogP contribution in [0.4, 0.5) is 10.1 Å². The minimum atomic E-state index is -3.95. The number of halogens is 1. The van der Waals surface area contributed by atoms with Crippen molar-refractivity contribution < 1.29 is 17.6 Å². The second kappa shape index (κ2) is 5.07. The topological polar surface area (TPSA) is 89.3 Å². The molecular weight excluding hydrogens is 247 g/mol. The molecule has 0 spiro atoms. The molecule has 0 heterocycles. The average Bonchev–Trinajstić information content (AvgIpc) is 2.20. The van der Waals surface area contributed by atoms with Gasteiger partial charge in [-0.15, -0.1) is 6.58 Å². The van der Waals surface area contributed by atoms with Gasteiger partial charge in [0.2, 0.25) is 15.9 Å². The molecule has 1 aromatic rings. The van der Waals surface area contributed by atoms with E-state index in [1.54, 1.807) is 0 Å². The molecule has 0 saturated heterocycles. The molecule has 0 bridgehead atoms. The van der Waals surface area contributed by atoms with Crippen LogP contribution >= 0.6 is 0 Å². The summed E-state index contributed by atoms with van der Waals surface area (Å²) < 4.78 is 35.3. The molecule has 0 aliphatic carbocycles. The highest BCUT2D eigenvalue weighted by atomic mass is 32.2. The standard InChI is InChI=1S/C10H11FN2O3S/c1-2-3-10(14)13-9-5-4-7(6-8(9)11)17(12,15)16/h2,4-6H,1,3H2,(H,13,14)(H2,12,15,16). The number of nitrogens with two attached hydrogens (primary N) is 1. The first-order valence-corrected chi connectivity index (χ1v) is 6.12. The summed E-state index contributed by atoms with van der Waals surface area (Å²) in [6, 6.07) is 3.00. The Hall–Kier alpha value is -1.73. The monoisotopic (exact) mass is 258 g/mol. The van der Waals surface area contributed by atoms with Crippen LogP contribution in [0.2, 0.25) is 0 Å². The number of sulfonamides is 1. The van der Waals surface area contributed by atoms with Gasteiger partial charge in [-0.3, -0.25) is 4.79 Å². The van der Waals surface area contributed by atoms with E-state index < -0.39 is 21.7 Å². The van der Waals surface area contributed by atoms with Gasteiger partial charge in [-0.1, -0.05) is 6.08 Å². The van der Waals surface area contributed by atoms with Crippen LogP contribution in [0.15, 0.2) is 35.7 Å². The maximum Gasteiger partial charge on any atom is 0.238 e. The van der Waals surface area contributed by atoms with E-state index >= 15 is 0 Å². The molecule has 7 heteroatoms. The van der Waals surface area contributed by atoms with Crippen molar-refractivity contribution in [3.8, 4) is 0 Å². The molecule has 0 atom stereocenters. The Labute approximate surface area is 98.2 Å². The van der Waals surface area contributed by atoms with Gasteiger partial charge >= 0.3 is 0 Å². The van der Waals surface area contributed by atoms with Crippen molar-refractivity contribution in [2.45, 2.75) is 11.3 Å². The fourth-order valence-corrected chi connectivity index (χ4v) is 1.63. The normalized spacial score (nSPS) is 10.9. The zero-order chi connectivity index (χ0) is 13.1. The van der Waals surface area contributed by atoms with E-state index in [1.807, 2.05) is 0 Å². The molecule has 3 N–H and O–H groups in total. The molecule has 17 heavy (non-hydrogen) atoms. The second-order valence-corrected chi connectivity index (χ2v) is 4.79. The van der Waals surface area contributed by atoms with Gasteiger partial charge < -0.3 is 5.32 Å². The fourth-order valence-electron chi connectivity index (χ4n) is 1.11. The van der Waals surface area contributed by atoms with Crippen molar-refractivity contribution in [3.05, 3.63) is 36.7 Å². The highest BCUT2D eigenvalue weighted by molar-refractivity contribution is 7.89. The third-order valence-corrected chi connectivity index (χ3v) is 2.78. The largest absolute Gasteiger partial charge is 0.323 e. The quantitative estimate of drug-likeness (QED) is 0.789. The SMILES string of the molecule is C=CCC(=O)Nc1ccc(S(N)(=O)=O)cc1F. The van der Waals surface area contributed by atoms with Crippen LogP contribution in [-0.4, -0.2) is 14.3 Å². The number of amides is 1. The first-order chi connectivity index (χ1) is 7.84. The minimum Gasteiger partial charge on any atom is -0.323 e. The van der Waals surface area contributed by atoms with Crippen LogP contribution in [0.1, 0.15) is 6.42 Å². The number of carbonyl (C=O) groups is 1. The van der Waals surface area contributed by atoms with Crippen molar-refractivity contribution in [2.24, 2.45) is 5.14 Å². The Morgan fingerprint density at radius 3 is 2.65 bits per heavy atom. The van der Waals surface area contributed by atoms with E-state index in [2.05, 4.69) is 11.9 Å². The molecule has 0 unspecified atom stereocenters. The fraction of sp³-hybridized carbons (Fsp3) is 0.100. The van der Waals surface area contributed by atoms with E-state index in [0.29, 0.717) is 0 Å². The summed E-state index contributed by atoms with van der Waals surface area (Å²) in [6.07, 6.45) is 1.41. The molecular formula is C10H11FN2O3S. The molecule has 0 fully saturated rings. The molecule has 0 aliphatic rings. The molecule has 1 aromatic carbocycles. The Morgan fingerprint density at radius 2 is 2.18 bits per heavy atom. The molecule has 1 amide bonds. The van der Waals surface area contributed by atoms with Crippen molar-refractivity contribution in [3.63, 3.8) is 0 Å². The molecule has 0 radical (unpaired) electrons. The maximum absolute atomic E-state index is 13.4. The van der Waals surface area contributed by atoms with Crippen molar-refractivity contribution in [2.75, 3.05) is 5.32 Å². The van der Waals surface area contributed by atoms with Gasteiger partial charge in [-0.05, 0) is 18.2 Å². The number of nitrogens with one attached hydrogen (secondary N) is 1. The van der Waals surface area contributed by atoms with Gasteiger partial charge in [0.15, 0.2) is 0 Å². The third kappa shape index (κ3) is 3.65. The smallest absolute Gasteiger partial charge is 0.238 e. The predicted octanol–water partition coefficient (Wildman–Crippen LogP) is 0.988. The van der Waals surface area contributed by atoms with Crippen LogP contribution in [0.3, 0.4) is 0 Å². The van der Waals surface area contributed by atoms with Crippen LogP contribution in [0.25, 0.3) is 0 Å². The molecule has 5 nitrogen and oxygen atoms in total. The second-order valence-electron chi connectivity index (χ2n) is 3.23. The average molecular weight is 258 g/mol. The predicted molar refractivity (Wildman–Crippen MR) is 61.2 cm³/mol. The Morgan fingerprint density at radius 1 is 1.53 bits per heavy atom. The molecule has 0 aromatic heterocycles. The summed E-state index contributed by atoms with van der Waals surface area (Å²) in [7, 11) is -3.95. The lowest BCUT2D eigenvalue weighted by atomic mass is 10.3. The van der Waals surface area contributed by atoms with E-state index in [9.17, 15) is 17.6 Å². The summed E-state index contributed by atoms with van der Waals surface area (Å²) in [5.41, 5.74) is -0.107. The number of hydrogen-bond acceptors (Lipinski definition) is 3. The summed E-state index contributed by atoms with van der Waals surface area (Å²) in [5, 5.41) is 7.10. The van der Waals surface area contributed by atoms with Crippen molar-refractivity contribution >= 4 is 21.6 Å². The highest BCUT2D eigenvalue weighted by Crippen LogP contribution is 2.18. The summed E-state index contributed by atoms with van der Waals surface area (Å²) >= 11 is 0. The van der Waals surface area contributed by atoms with Gasteiger partial charge in [-0.25, -0.2) is 17.9 Å². The zero-order valence-corrected chi connectivity index (χ0v) is 9.63. The van der Waals surface area contributed by atoms with Gasteiger partial charge in [0.1, 0.15) is 5.82 Å². The summed E-state index contributed by atoms with van der Waals surface area (Å²) in [4.78, 5) is 10.8. The molecule has 0 saturated carbocycles. The lowest BCUT2D eigenvalue weighted by Gasteiger charge is -2.06. The third-order valence-electron chi connectivity index (χ3n) is 1.87.